The van der Waals surface area contributed by atoms with Crippen LogP contribution in [0.3, 0.4) is 0 Å². The zero-order valence-corrected chi connectivity index (χ0v) is 19.9. The van der Waals surface area contributed by atoms with Gasteiger partial charge in [0.1, 0.15) is 0 Å². The van der Waals surface area contributed by atoms with Gasteiger partial charge in [-0.25, -0.2) is 0 Å². The van der Waals surface area contributed by atoms with Gasteiger partial charge in [0, 0.05) is 0 Å². The van der Waals surface area contributed by atoms with Crippen molar-refractivity contribution in [3.63, 3.8) is 0 Å². The average molecular weight is 450 g/mol. The molecule has 1 unspecified atom stereocenters. The molecule has 0 bridgehead atoms. The van der Waals surface area contributed by atoms with Crippen molar-refractivity contribution in [3.8, 4) is 0 Å². The maximum atomic E-state index is 4.15. The maximum Gasteiger partial charge on any atom is -0.147 e. The second-order valence-electron chi connectivity index (χ2n) is 7.77. The van der Waals surface area contributed by atoms with Gasteiger partial charge in [-0.1, -0.05) is 0 Å². The fourth-order valence-corrected chi connectivity index (χ4v) is 19.7. The van der Waals surface area contributed by atoms with Crippen LogP contribution in [0.25, 0.3) is 6.08 Å². The van der Waals surface area contributed by atoms with Crippen LogP contribution < -0.4 is 3.26 Å². The van der Waals surface area contributed by atoms with E-state index in [1.807, 2.05) is 0 Å². The predicted octanol–water partition coefficient (Wildman–Crippen LogP) is 5.55. The standard InChI is InChI=1S/C12H11.C4H10N.C2H6Si.2ClH.Zr/c1-2-4-11-8-12(9-5-6-9)7-10(11)3-1;1-4(2,3)5;1-3-2;;;/h1-4,7-9H,5-6H2;5H,1-3H3;1-2H3;2*1H;/q;-1;;;;+1. The van der Waals surface area contributed by atoms with Crippen LogP contribution in [-0.4, -0.2) is 11.0 Å². The summed E-state index contributed by atoms with van der Waals surface area (Å²) in [5.41, 5.74) is 5.01. The first-order valence-electron chi connectivity index (χ1n) is 8.13. The number of hydrogen-bond donors (Lipinski definition) is 1. The maximum absolute atomic E-state index is 4.15. The summed E-state index contributed by atoms with van der Waals surface area (Å²) >= 11 is -1.69. The third-order valence-corrected chi connectivity index (χ3v) is 21.3. The Morgan fingerprint density at radius 1 is 1.09 bits per heavy atom. The van der Waals surface area contributed by atoms with E-state index in [1.54, 1.807) is 11.1 Å². The van der Waals surface area contributed by atoms with E-state index >= 15 is 0 Å². The first-order chi connectivity index (χ1) is 9.87. The van der Waals surface area contributed by atoms with Crippen molar-refractivity contribution >= 4 is 36.3 Å². The minimum atomic E-state index is -1.69. The second-order valence-corrected chi connectivity index (χ2v) is 24.4. The van der Waals surface area contributed by atoms with Gasteiger partial charge in [0.05, 0.1) is 0 Å². The Balaban J connectivity index is 0.00000132. The summed E-state index contributed by atoms with van der Waals surface area (Å²) < 4.78 is 4.96. The van der Waals surface area contributed by atoms with Gasteiger partial charge in [-0.05, 0) is 0 Å². The van der Waals surface area contributed by atoms with Crippen LogP contribution in [0.5, 0.6) is 0 Å². The Morgan fingerprint density at radius 3 is 2.22 bits per heavy atom. The Bertz CT molecular complexity index is 626. The first-order valence-corrected chi connectivity index (χ1v) is 17.0. The molecule has 1 aromatic carbocycles. The van der Waals surface area contributed by atoms with Crippen molar-refractivity contribution < 1.29 is 20.7 Å². The van der Waals surface area contributed by atoms with E-state index in [0.29, 0.717) is 0 Å². The van der Waals surface area contributed by atoms with E-state index in [0.717, 1.165) is 9.54 Å². The van der Waals surface area contributed by atoms with Crippen LogP contribution in [0, 0.1) is 5.92 Å². The fourth-order valence-electron chi connectivity index (χ4n) is 3.33. The summed E-state index contributed by atoms with van der Waals surface area (Å²) in [4.78, 5) is 0. The fraction of sp³-hybridized carbons (Fsp3) is 0.556. The minimum Gasteiger partial charge on any atom is -0.147 e. The predicted molar refractivity (Wildman–Crippen MR) is 105 cm³/mol. The van der Waals surface area contributed by atoms with Crippen molar-refractivity contribution in [2.24, 2.45) is 5.92 Å². The van der Waals surface area contributed by atoms with Gasteiger partial charge < -0.3 is 0 Å². The van der Waals surface area contributed by atoms with Crippen LogP contribution >= 0.6 is 24.8 Å². The van der Waals surface area contributed by atoms with Crippen molar-refractivity contribution in [3.05, 3.63) is 41.0 Å². The molecule has 1 N–H and O–H groups in total. The van der Waals surface area contributed by atoms with Crippen molar-refractivity contribution in [2.75, 3.05) is 0 Å². The summed E-state index contributed by atoms with van der Waals surface area (Å²) in [6.07, 6.45) is 5.41. The molecule has 1 saturated carbocycles. The molecule has 1 fully saturated rings. The van der Waals surface area contributed by atoms with E-state index in [9.17, 15) is 0 Å². The van der Waals surface area contributed by atoms with Crippen LogP contribution in [0.2, 0.25) is 13.1 Å². The molecule has 0 amide bonds. The Morgan fingerprint density at radius 2 is 1.70 bits per heavy atom. The molecule has 2 aliphatic rings. The molecule has 1 aromatic rings. The number of rotatable bonds is 3. The zero-order chi connectivity index (χ0) is 15.2. The minimum absolute atomic E-state index is 0. The molecule has 128 valence electrons. The Labute approximate surface area is 162 Å². The number of benzene rings is 1. The van der Waals surface area contributed by atoms with Gasteiger partial charge in [0.15, 0.2) is 0 Å². The molecule has 0 aliphatic heterocycles. The molecule has 3 rings (SSSR count). The largest absolute Gasteiger partial charge is 0.147 e. The SMILES string of the molecule is C[Si](C)=[Zr]([NH]C(C)(C)C)[CH]1C(C2CC2)=Cc2ccccc21.Cl.Cl. The monoisotopic (exact) mass is 447 g/mol. The van der Waals surface area contributed by atoms with E-state index in [1.165, 1.54) is 18.4 Å². The number of allylic oxidation sites excluding steroid dienone is 1. The summed E-state index contributed by atoms with van der Waals surface area (Å²) in [7, 11) is 0. The Kier molecular flexibility index (Phi) is 7.83. The van der Waals surface area contributed by atoms with Crippen LogP contribution in [0.4, 0.5) is 0 Å². The second kappa shape index (κ2) is 8.32. The van der Waals surface area contributed by atoms with Crippen LogP contribution in [0.15, 0.2) is 29.8 Å². The normalized spacial score (nSPS) is 19.2. The molecule has 1 atom stereocenters. The summed E-state index contributed by atoms with van der Waals surface area (Å²) in [5, 5.41) is 0. The summed E-state index contributed by atoms with van der Waals surface area (Å²) in [6.45, 7) is 12.1. The average Bonchev–Trinajstić information content (AvgIpc) is 3.16. The number of halogens is 2. The molecule has 0 spiro atoms. The molecule has 0 heterocycles. The van der Waals surface area contributed by atoms with Gasteiger partial charge in [0.2, 0.25) is 0 Å². The van der Waals surface area contributed by atoms with Gasteiger partial charge in [-0.2, -0.15) is 0 Å². The molecule has 2 aliphatic carbocycles. The third kappa shape index (κ3) is 5.05. The first kappa shape index (κ1) is 21.6. The van der Waals surface area contributed by atoms with Crippen molar-refractivity contribution in [1.82, 2.24) is 3.26 Å². The molecule has 23 heavy (non-hydrogen) atoms. The molecule has 0 radical (unpaired) electrons. The summed E-state index contributed by atoms with van der Waals surface area (Å²) in [5.74, 6) is 0.904. The molecular weight excluding hydrogens is 420 g/mol. The van der Waals surface area contributed by atoms with E-state index in [2.05, 4.69) is 67.5 Å². The number of nitrogens with one attached hydrogen (secondary N) is 1. The quantitative estimate of drug-likeness (QED) is 0.597. The summed E-state index contributed by atoms with van der Waals surface area (Å²) in [6, 6.07) is 9.17. The molecular formula is C18H29Cl2NSiZr. The van der Waals surface area contributed by atoms with E-state index in [4.69, 9.17) is 0 Å². The van der Waals surface area contributed by atoms with E-state index < -0.39 is 20.7 Å². The molecule has 5 heteroatoms. The van der Waals surface area contributed by atoms with Crippen LogP contribution in [-0.2, 0) is 20.7 Å². The van der Waals surface area contributed by atoms with Crippen molar-refractivity contribution in [1.29, 1.82) is 0 Å². The van der Waals surface area contributed by atoms with Gasteiger partial charge in [-0.15, -0.1) is 24.8 Å². The Hall–Kier alpha value is 0.600. The van der Waals surface area contributed by atoms with Gasteiger partial charge in [0.25, 0.3) is 0 Å². The molecule has 0 saturated heterocycles. The van der Waals surface area contributed by atoms with E-state index in [-0.39, 0.29) is 35.8 Å². The number of hydrogen-bond acceptors (Lipinski definition) is 1. The van der Waals surface area contributed by atoms with Gasteiger partial charge in [-0.3, -0.25) is 0 Å². The molecule has 0 aromatic heterocycles. The van der Waals surface area contributed by atoms with Crippen molar-refractivity contribution in [2.45, 2.75) is 55.9 Å². The number of fused-ring (bicyclic) bond motifs is 1. The van der Waals surface area contributed by atoms with Gasteiger partial charge >= 0.3 is 138 Å². The molecule has 1 nitrogen and oxygen atoms in total. The zero-order valence-electron chi connectivity index (χ0n) is 14.8. The topological polar surface area (TPSA) is 12.0 Å². The third-order valence-electron chi connectivity index (χ3n) is 4.35. The smallest absolute Gasteiger partial charge is 0.147 e. The van der Waals surface area contributed by atoms with Crippen LogP contribution in [0.1, 0.15) is 48.4 Å².